The van der Waals surface area contributed by atoms with Crippen LogP contribution in [0.25, 0.3) is 32.6 Å². The molecule has 0 aliphatic rings. The maximum absolute atomic E-state index is 9.59. The van der Waals surface area contributed by atoms with Gasteiger partial charge in [-0.1, -0.05) is 23.7 Å². The highest BCUT2D eigenvalue weighted by atomic mass is 35.5. The zero-order chi connectivity index (χ0) is 13.9. The molecule has 0 aliphatic carbocycles. The highest BCUT2D eigenvalue weighted by molar-refractivity contribution is 6.37. The Kier molecular flexibility index (Phi) is 2.24. The summed E-state index contributed by atoms with van der Waals surface area (Å²) in [6, 6.07) is 9.37. The van der Waals surface area contributed by atoms with E-state index >= 15 is 0 Å². The maximum atomic E-state index is 9.59. The van der Waals surface area contributed by atoms with Crippen LogP contribution in [0, 0.1) is 6.92 Å². The zero-order valence-electron chi connectivity index (χ0n) is 10.7. The smallest absolute Gasteiger partial charge is 0.139 e. The summed E-state index contributed by atoms with van der Waals surface area (Å²) in [5.74, 6) is 0.267. The van der Waals surface area contributed by atoms with Crippen molar-refractivity contribution in [3.8, 4) is 5.75 Å². The van der Waals surface area contributed by atoms with Gasteiger partial charge in [-0.3, -0.25) is 0 Å². The molecule has 2 aromatic carbocycles. The number of aryl methyl sites for hydroxylation is 1. The number of aromatic hydroxyl groups is 1. The van der Waals surface area contributed by atoms with Crippen molar-refractivity contribution in [2.45, 2.75) is 6.92 Å². The molecule has 0 saturated carbocycles. The van der Waals surface area contributed by atoms with Crippen LogP contribution in [-0.2, 0) is 0 Å². The lowest BCUT2D eigenvalue weighted by atomic mass is 10.1. The number of benzene rings is 2. The predicted octanol–water partition coefficient (Wildman–Crippen LogP) is 4.54. The van der Waals surface area contributed by atoms with Crippen LogP contribution in [0.2, 0.25) is 5.15 Å². The highest BCUT2D eigenvalue weighted by Crippen LogP contribution is 2.36. The van der Waals surface area contributed by atoms with Crippen LogP contribution >= 0.6 is 11.6 Å². The largest absolute Gasteiger partial charge is 0.508 e. The molecule has 98 valence electrons. The molecule has 0 radical (unpaired) electrons. The van der Waals surface area contributed by atoms with Gasteiger partial charge < -0.3 is 10.1 Å². The summed E-state index contributed by atoms with van der Waals surface area (Å²) in [7, 11) is 0. The number of halogens is 1. The summed E-state index contributed by atoms with van der Waals surface area (Å²) < 4.78 is 0. The van der Waals surface area contributed by atoms with Crippen molar-refractivity contribution in [2.24, 2.45) is 0 Å². The first-order chi connectivity index (χ1) is 9.65. The van der Waals surface area contributed by atoms with Crippen molar-refractivity contribution in [3.63, 3.8) is 0 Å². The van der Waals surface area contributed by atoms with Gasteiger partial charge in [-0.25, -0.2) is 4.98 Å². The number of aromatic nitrogens is 2. The lowest BCUT2D eigenvalue weighted by Gasteiger charge is -2.00. The molecule has 0 spiro atoms. The van der Waals surface area contributed by atoms with Crippen molar-refractivity contribution >= 4 is 44.2 Å². The van der Waals surface area contributed by atoms with Gasteiger partial charge in [-0.2, -0.15) is 0 Å². The van der Waals surface area contributed by atoms with Gasteiger partial charge >= 0.3 is 0 Å². The Morgan fingerprint density at radius 1 is 1.10 bits per heavy atom. The molecule has 20 heavy (non-hydrogen) atoms. The summed E-state index contributed by atoms with van der Waals surface area (Å²) >= 11 is 6.25. The van der Waals surface area contributed by atoms with Crippen molar-refractivity contribution in [1.29, 1.82) is 0 Å². The molecule has 0 saturated heterocycles. The lowest BCUT2D eigenvalue weighted by molar-refractivity contribution is 0.476. The van der Waals surface area contributed by atoms with Gasteiger partial charge in [0.2, 0.25) is 0 Å². The van der Waals surface area contributed by atoms with Gasteiger partial charge in [0.1, 0.15) is 10.9 Å². The van der Waals surface area contributed by atoms with Gasteiger partial charge in [-0.15, -0.1) is 0 Å². The summed E-state index contributed by atoms with van der Waals surface area (Å²) in [4.78, 5) is 7.67. The summed E-state index contributed by atoms with van der Waals surface area (Å²) in [5.41, 5.74) is 3.10. The Bertz CT molecular complexity index is 988. The van der Waals surface area contributed by atoms with E-state index in [1.54, 1.807) is 18.3 Å². The van der Waals surface area contributed by atoms with Crippen molar-refractivity contribution in [3.05, 3.63) is 47.2 Å². The molecule has 2 aromatic heterocycles. The van der Waals surface area contributed by atoms with E-state index in [1.165, 1.54) is 0 Å². The van der Waals surface area contributed by atoms with Crippen LogP contribution in [0.15, 0.2) is 36.5 Å². The fourth-order valence-corrected chi connectivity index (χ4v) is 3.02. The van der Waals surface area contributed by atoms with Crippen molar-refractivity contribution < 1.29 is 5.11 Å². The number of H-pyrrole nitrogens is 1. The predicted molar refractivity (Wildman–Crippen MR) is 82.5 cm³/mol. The Balaban J connectivity index is 2.29. The minimum Gasteiger partial charge on any atom is -0.508 e. The number of hydrogen-bond donors (Lipinski definition) is 2. The molecule has 0 atom stereocenters. The quantitative estimate of drug-likeness (QED) is 0.465. The average Bonchev–Trinajstić information content (AvgIpc) is 2.83. The van der Waals surface area contributed by atoms with E-state index < -0.39 is 0 Å². The second-order valence-electron chi connectivity index (χ2n) is 5.00. The van der Waals surface area contributed by atoms with E-state index in [1.807, 2.05) is 25.1 Å². The van der Waals surface area contributed by atoms with Crippen LogP contribution in [0.4, 0.5) is 0 Å². The van der Waals surface area contributed by atoms with Gasteiger partial charge in [0.15, 0.2) is 0 Å². The molecule has 4 rings (SSSR count). The normalized spacial score (nSPS) is 11.7. The molecule has 4 heteroatoms. The van der Waals surface area contributed by atoms with Gasteiger partial charge in [0, 0.05) is 22.4 Å². The molecule has 0 fully saturated rings. The summed E-state index contributed by atoms with van der Waals surface area (Å²) in [5, 5.41) is 14.2. The molecule has 0 bridgehead atoms. The Morgan fingerprint density at radius 3 is 2.75 bits per heavy atom. The number of fused-ring (bicyclic) bond motifs is 5. The molecule has 3 nitrogen and oxygen atoms in total. The zero-order valence-corrected chi connectivity index (χ0v) is 11.5. The molecule has 2 N–H and O–H groups in total. The number of pyridine rings is 1. The summed E-state index contributed by atoms with van der Waals surface area (Å²) in [6.07, 6.45) is 1.77. The van der Waals surface area contributed by atoms with Crippen molar-refractivity contribution in [1.82, 2.24) is 9.97 Å². The van der Waals surface area contributed by atoms with Crippen LogP contribution < -0.4 is 0 Å². The summed E-state index contributed by atoms with van der Waals surface area (Å²) in [6.45, 7) is 2.01. The third-order valence-corrected chi connectivity index (χ3v) is 4.03. The fraction of sp³-hybridized carbons (Fsp3) is 0.0625. The number of nitrogens with zero attached hydrogens (tertiary/aromatic N) is 1. The molecule has 4 aromatic rings. The van der Waals surface area contributed by atoms with E-state index in [2.05, 4.69) is 9.97 Å². The first-order valence-electron chi connectivity index (χ1n) is 6.33. The standard InChI is InChI=1S/C16H11ClN2O/c1-8-7-18-16(17)13-12-4-2-9-6-10(20)3-5-11(9)15(12)19-14(8)13/h2-7,19-20H,1H3. The molecular formula is C16H11ClN2O. The van der Waals surface area contributed by atoms with E-state index in [9.17, 15) is 5.11 Å². The molecule has 0 amide bonds. The molecule has 0 aliphatic heterocycles. The minimum absolute atomic E-state index is 0.267. The van der Waals surface area contributed by atoms with Gasteiger partial charge in [0.05, 0.1) is 11.0 Å². The first-order valence-corrected chi connectivity index (χ1v) is 6.71. The Hall–Kier alpha value is -2.26. The number of phenolic OH excluding ortho intramolecular Hbond substituents is 1. The van der Waals surface area contributed by atoms with Crippen LogP contribution in [0.1, 0.15) is 5.56 Å². The van der Waals surface area contributed by atoms with Crippen molar-refractivity contribution in [2.75, 3.05) is 0 Å². The molecule has 0 unspecified atom stereocenters. The third kappa shape index (κ3) is 1.44. The van der Waals surface area contributed by atoms with Crippen LogP contribution in [-0.4, -0.2) is 15.1 Å². The maximum Gasteiger partial charge on any atom is 0.139 e. The average molecular weight is 283 g/mol. The highest BCUT2D eigenvalue weighted by Gasteiger charge is 2.13. The van der Waals surface area contributed by atoms with Gasteiger partial charge in [-0.05, 0) is 36.1 Å². The number of hydrogen-bond acceptors (Lipinski definition) is 2. The molecular weight excluding hydrogens is 272 g/mol. The second kappa shape index (κ2) is 3.87. The van der Waals surface area contributed by atoms with E-state index in [-0.39, 0.29) is 5.75 Å². The first kappa shape index (κ1) is 11.6. The fourth-order valence-electron chi connectivity index (χ4n) is 2.78. The second-order valence-corrected chi connectivity index (χ2v) is 5.36. The third-order valence-electron chi connectivity index (χ3n) is 3.74. The van der Waals surface area contributed by atoms with E-state index in [0.29, 0.717) is 5.15 Å². The number of nitrogens with one attached hydrogen (secondary N) is 1. The van der Waals surface area contributed by atoms with E-state index in [0.717, 1.165) is 38.1 Å². The SMILES string of the molecule is Cc1cnc(Cl)c2c1[nH]c1c3ccc(O)cc3ccc12. The lowest BCUT2D eigenvalue weighted by Crippen LogP contribution is -1.81. The number of rotatable bonds is 0. The van der Waals surface area contributed by atoms with E-state index in [4.69, 9.17) is 11.6 Å². The topological polar surface area (TPSA) is 48.9 Å². The van der Waals surface area contributed by atoms with Crippen LogP contribution in [0.5, 0.6) is 5.75 Å². The monoisotopic (exact) mass is 282 g/mol. The Morgan fingerprint density at radius 2 is 1.90 bits per heavy atom. The van der Waals surface area contributed by atoms with Gasteiger partial charge in [0.25, 0.3) is 0 Å². The minimum atomic E-state index is 0.267. The van der Waals surface area contributed by atoms with Crippen LogP contribution in [0.3, 0.4) is 0 Å². The number of aromatic amines is 1. The molecule has 2 heterocycles. The Labute approximate surface area is 119 Å². The number of phenols is 1.